The molecule has 0 bridgehead atoms. The highest BCUT2D eigenvalue weighted by Gasteiger charge is 2.26. The molecule has 0 heterocycles. The molecule has 0 radical (unpaired) electrons. The number of amides is 2. The van der Waals surface area contributed by atoms with Crippen molar-refractivity contribution in [2.24, 2.45) is 5.41 Å². The fourth-order valence-electron chi connectivity index (χ4n) is 3.79. The highest BCUT2D eigenvalue weighted by Crippen LogP contribution is 2.23. The molecular weight excluding hydrogens is 496 g/mol. The third-order valence-electron chi connectivity index (χ3n) is 5.37. The van der Waals surface area contributed by atoms with Gasteiger partial charge in [-0.3, -0.25) is 19.2 Å². The Morgan fingerprint density at radius 3 is 2.27 bits per heavy atom. The standard InChI is InChI=1S/C28H35ClN2O6/c1-5-37-27(36)15-23(13-19-9-11-20(12-10-19)21-7-6-8-22(29)14-21)30-24(32)17-31(18-26(34)35)25(33)16-28(2,3)4/h6-12,14,23H,5,13,15-18H2,1-4H3,(H,30,32)(H,34,35)/t23-/m1/s1. The number of ether oxygens (including phenoxy) is 1. The van der Waals surface area contributed by atoms with Crippen molar-refractivity contribution in [3.63, 3.8) is 0 Å². The molecule has 0 saturated carbocycles. The summed E-state index contributed by atoms with van der Waals surface area (Å²) < 4.78 is 5.06. The summed E-state index contributed by atoms with van der Waals surface area (Å²) in [5.41, 5.74) is 2.45. The molecule has 0 unspecified atom stereocenters. The molecule has 1 atom stereocenters. The smallest absolute Gasteiger partial charge is 0.323 e. The lowest BCUT2D eigenvalue weighted by Crippen LogP contribution is -2.47. The maximum Gasteiger partial charge on any atom is 0.323 e. The number of esters is 1. The molecule has 0 saturated heterocycles. The van der Waals surface area contributed by atoms with Crippen molar-refractivity contribution in [3.05, 3.63) is 59.1 Å². The molecule has 2 rings (SSSR count). The normalized spacial score (nSPS) is 11.9. The monoisotopic (exact) mass is 530 g/mol. The van der Waals surface area contributed by atoms with Crippen LogP contribution >= 0.6 is 11.6 Å². The van der Waals surface area contributed by atoms with Gasteiger partial charge >= 0.3 is 11.9 Å². The van der Waals surface area contributed by atoms with E-state index in [2.05, 4.69) is 5.32 Å². The molecule has 0 aliphatic carbocycles. The van der Waals surface area contributed by atoms with Crippen LogP contribution in [0, 0.1) is 5.41 Å². The lowest BCUT2D eigenvalue weighted by atomic mass is 9.91. The molecule has 0 aliphatic heterocycles. The number of carboxylic acids is 1. The number of carbonyl (C=O) groups is 4. The number of hydrogen-bond donors (Lipinski definition) is 2. The minimum absolute atomic E-state index is 0.0650. The van der Waals surface area contributed by atoms with E-state index in [1.807, 2.05) is 63.2 Å². The van der Waals surface area contributed by atoms with Crippen molar-refractivity contribution >= 4 is 35.4 Å². The van der Waals surface area contributed by atoms with Gasteiger partial charge < -0.3 is 20.1 Å². The van der Waals surface area contributed by atoms with E-state index in [0.717, 1.165) is 21.6 Å². The van der Waals surface area contributed by atoms with Crippen LogP contribution < -0.4 is 5.32 Å². The fourth-order valence-corrected chi connectivity index (χ4v) is 3.98. The molecule has 37 heavy (non-hydrogen) atoms. The summed E-state index contributed by atoms with van der Waals surface area (Å²) in [6.45, 7) is 6.47. The number of nitrogens with zero attached hydrogens (tertiary/aromatic N) is 1. The van der Waals surface area contributed by atoms with Crippen LogP contribution in [0.2, 0.25) is 5.02 Å². The van der Waals surface area contributed by atoms with Crippen molar-refractivity contribution in [1.82, 2.24) is 10.2 Å². The number of carbonyl (C=O) groups excluding carboxylic acids is 3. The number of rotatable bonds is 12. The first-order valence-corrected chi connectivity index (χ1v) is 12.5. The Bertz CT molecular complexity index is 1090. The number of carboxylic acid groups (broad SMARTS) is 1. The Kier molecular flexibility index (Phi) is 11.1. The van der Waals surface area contributed by atoms with Crippen LogP contribution in [0.1, 0.15) is 46.1 Å². The number of halogens is 1. The predicted octanol–water partition coefficient (Wildman–Crippen LogP) is 4.34. The summed E-state index contributed by atoms with van der Waals surface area (Å²) in [5, 5.41) is 12.6. The Morgan fingerprint density at radius 1 is 1.03 bits per heavy atom. The van der Waals surface area contributed by atoms with E-state index in [4.69, 9.17) is 16.3 Å². The zero-order valence-electron chi connectivity index (χ0n) is 21.8. The summed E-state index contributed by atoms with van der Waals surface area (Å²) in [6, 6.07) is 14.6. The first kappa shape index (κ1) is 29.8. The van der Waals surface area contributed by atoms with Crippen molar-refractivity contribution in [2.45, 2.75) is 53.0 Å². The van der Waals surface area contributed by atoms with E-state index in [1.54, 1.807) is 13.0 Å². The molecule has 8 nitrogen and oxygen atoms in total. The first-order valence-electron chi connectivity index (χ1n) is 12.2. The van der Waals surface area contributed by atoms with Crippen LogP contribution in [0.15, 0.2) is 48.5 Å². The number of aliphatic carboxylic acids is 1. The predicted molar refractivity (Wildman–Crippen MR) is 142 cm³/mol. The third-order valence-corrected chi connectivity index (χ3v) is 5.61. The van der Waals surface area contributed by atoms with Crippen molar-refractivity contribution in [2.75, 3.05) is 19.7 Å². The molecule has 2 amide bonds. The molecular formula is C28H35ClN2O6. The van der Waals surface area contributed by atoms with Crippen LogP contribution in [0.5, 0.6) is 0 Å². The number of benzene rings is 2. The molecule has 2 N–H and O–H groups in total. The highest BCUT2D eigenvalue weighted by molar-refractivity contribution is 6.30. The van der Waals surface area contributed by atoms with Crippen LogP contribution in [0.3, 0.4) is 0 Å². The van der Waals surface area contributed by atoms with Gasteiger partial charge in [0.15, 0.2) is 0 Å². The Balaban J connectivity index is 2.14. The van der Waals surface area contributed by atoms with Crippen molar-refractivity contribution in [3.8, 4) is 11.1 Å². The molecule has 2 aromatic rings. The Hall–Kier alpha value is -3.39. The Labute approximate surface area is 222 Å². The van der Waals surface area contributed by atoms with Crippen LogP contribution in [0.25, 0.3) is 11.1 Å². The van der Waals surface area contributed by atoms with Gasteiger partial charge in [-0.1, -0.05) is 68.8 Å². The topological polar surface area (TPSA) is 113 Å². The SMILES string of the molecule is CCOC(=O)C[C@@H](Cc1ccc(-c2cccc(Cl)c2)cc1)NC(=O)CN(CC(=O)O)C(=O)CC(C)(C)C. The van der Waals surface area contributed by atoms with E-state index in [9.17, 15) is 24.3 Å². The van der Waals surface area contributed by atoms with Gasteiger partial charge in [-0.2, -0.15) is 0 Å². The fraction of sp³-hybridized carbons (Fsp3) is 0.429. The van der Waals surface area contributed by atoms with Gasteiger partial charge in [-0.25, -0.2) is 0 Å². The number of hydrogen-bond acceptors (Lipinski definition) is 5. The van der Waals surface area contributed by atoms with E-state index >= 15 is 0 Å². The second-order valence-corrected chi connectivity index (χ2v) is 10.5. The van der Waals surface area contributed by atoms with Gasteiger partial charge in [0.25, 0.3) is 0 Å². The van der Waals surface area contributed by atoms with Crippen LogP contribution in [-0.2, 0) is 30.3 Å². The highest BCUT2D eigenvalue weighted by atomic mass is 35.5. The second kappa shape index (κ2) is 13.8. The molecule has 0 aromatic heterocycles. The van der Waals surface area contributed by atoms with Crippen LogP contribution in [-0.4, -0.2) is 59.5 Å². The van der Waals surface area contributed by atoms with Gasteiger partial charge in [0, 0.05) is 17.5 Å². The van der Waals surface area contributed by atoms with Gasteiger partial charge in [0.1, 0.15) is 13.1 Å². The summed E-state index contributed by atoms with van der Waals surface area (Å²) in [7, 11) is 0. The Morgan fingerprint density at radius 2 is 1.70 bits per heavy atom. The summed E-state index contributed by atoms with van der Waals surface area (Å²) in [5.74, 6) is -2.65. The first-order chi connectivity index (χ1) is 17.4. The van der Waals surface area contributed by atoms with Crippen molar-refractivity contribution < 1.29 is 29.0 Å². The van der Waals surface area contributed by atoms with E-state index in [0.29, 0.717) is 11.4 Å². The summed E-state index contributed by atoms with van der Waals surface area (Å²) in [4.78, 5) is 50.0. The zero-order chi connectivity index (χ0) is 27.6. The van der Waals surface area contributed by atoms with Crippen LogP contribution in [0.4, 0.5) is 0 Å². The maximum atomic E-state index is 12.9. The van der Waals surface area contributed by atoms with Gasteiger partial charge in [-0.05, 0) is 47.6 Å². The number of nitrogens with one attached hydrogen (secondary N) is 1. The molecule has 0 aliphatic rings. The van der Waals surface area contributed by atoms with E-state index in [-0.39, 0.29) is 24.9 Å². The van der Waals surface area contributed by atoms with Gasteiger partial charge in [0.05, 0.1) is 13.0 Å². The van der Waals surface area contributed by atoms with E-state index in [1.165, 1.54) is 0 Å². The summed E-state index contributed by atoms with van der Waals surface area (Å²) >= 11 is 6.09. The zero-order valence-corrected chi connectivity index (χ0v) is 22.5. The molecule has 200 valence electrons. The lowest BCUT2D eigenvalue weighted by molar-refractivity contribution is -0.147. The quantitative estimate of drug-likeness (QED) is 0.395. The second-order valence-electron chi connectivity index (χ2n) is 10.1. The lowest BCUT2D eigenvalue weighted by Gasteiger charge is -2.26. The molecule has 0 fully saturated rings. The third kappa shape index (κ3) is 11.0. The molecule has 2 aromatic carbocycles. The minimum atomic E-state index is -1.21. The van der Waals surface area contributed by atoms with Gasteiger partial charge in [0.2, 0.25) is 11.8 Å². The van der Waals surface area contributed by atoms with E-state index < -0.39 is 42.9 Å². The van der Waals surface area contributed by atoms with Gasteiger partial charge in [-0.15, -0.1) is 0 Å². The van der Waals surface area contributed by atoms with Crippen molar-refractivity contribution in [1.29, 1.82) is 0 Å². The summed E-state index contributed by atoms with van der Waals surface area (Å²) in [6.07, 6.45) is 0.374. The maximum absolute atomic E-state index is 12.9. The average molecular weight is 531 g/mol. The molecule has 0 spiro atoms. The largest absolute Gasteiger partial charge is 0.480 e. The molecule has 9 heteroatoms. The minimum Gasteiger partial charge on any atom is -0.480 e. The average Bonchev–Trinajstić information content (AvgIpc) is 2.77.